The zero-order valence-corrected chi connectivity index (χ0v) is 18.1. The van der Waals surface area contributed by atoms with Gasteiger partial charge in [-0.15, -0.1) is 0 Å². The van der Waals surface area contributed by atoms with E-state index in [1.165, 1.54) is 17.0 Å². The number of aromatic nitrogens is 2. The van der Waals surface area contributed by atoms with Crippen molar-refractivity contribution in [1.82, 2.24) is 9.55 Å². The van der Waals surface area contributed by atoms with E-state index in [0.29, 0.717) is 12.8 Å². The summed E-state index contributed by atoms with van der Waals surface area (Å²) in [7, 11) is 23.6. The molecule has 1 aliphatic rings. The Labute approximate surface area is 187 Å². The molecule has 1 aliphatic carbocycles. The van der Waals surface area contributed by atoms with Crippen LogP contribution in [0.3, 0.4) is 0 Å². The van der Waals surface area contributed by atoms with Crippen molar-refractivity contribution in [1.29, 1.82) is 0 Å². The van der Waals surface area contributed by atoms with Crippen molar-refractivity contribution in [3.63, 3.8) is 0 Å². The van der Waals surface area contributed by atoms with Gasteiger partial charge in [-0.2, -0.15) is 13.2 Å². The average Bonchev–Trinajstić information content (AvgIpc) is 2.93. The minimum atomic E-state index is -4.72. The Morgan fingerprint density at radius 2 is 1.86 bits per heavy atom. The second-order valence-electron chi connectivity index (χ2n) is 7.38. The van der Waals surface area contributed by atoms with Crippen molar-refractivity contribution in [2.24, 2.45) is 0 Å². The minimum Gasteiger partial charge on any atom is -0.505 e. The molecule has 0 bridgehead atoms. The fourth-order valence-electron chi connectivity index (χ4n) is 3.24. The van der Waals surface area contributed by atoms with Crippen molar-refractivity contribution in [3.8, 4) is 5.75 Å². The molecule has 2 aromatic rings. The van der Waals surface area contributed by atoms with Gasteiger partial charge >= 0.3 is 6.18 Å². The molecule has 1 aromatic heterocycles. The Balaban J connectivity index is 2.04. The van der Waals surface area contributed by atoms with Gasteiger partial charge in [0.1, 0.15) is 37.1 Å². The van der Waals surface area contributed by atoms with Crippen LogP contribution < -0.4 is 4.74 Å². The predicted molar refractivity (Wildman–Crippen MR) is 115 cm³/mol. The van der Waals surface area contributed by atoms with Crippen LogP contribution in [0.15, 0.2) is 18.5 Å². The highest BCUT2D eigenvalue weighted by Gasteiger charge is 2.43. The van der Waals surface area contributed by atoms with Crippen LogP contribution in [0.2, 0.25) is 0 Å². The summed E-state index contributed by atoms with van der Waals surface area (Å²) in [5.74, 6) is -0.331. The predicted octanol–water partition coefficient (Wildman–Crippen LogP) is 2.52. The van der Waals surface area contributed by atoms with Crippen LogP contribution in [-0.4, -0.2) is 62.4 Å². The van der Waals surface area contributed by atoms with Gasteiger partial charge in [0.15, 0.2) is 0 Å². The molecule has 0 amide bonds. The van der Waals surface area contributed by atoms with Gasteiger partial charge in [0, 0.05) is 44.1 Å². The van der Waals surface area contributed by atoms with E-state index in [2.05, 4.69) is 4.98 Å². The second kappa shape index (κ2) is 7.59. The Morgan fingerprint density at radius 3 is 2.38 bits per heavy atom. The lowest BCUT2D eigenvalue weighted by atomic mass is 9.42. The minimum absolute atomic E-state index is 0.0148. The van der Waals surface area contributed by atoms with E-state index in [4.69, 9.17) is 40.3 Å². The highest BCUT2D eigenvalue weighted by atomic mass is 127. The third kappa shape index (κ3) is 4.59. The van der Waals surface area contributed by atoms with Crippen molar-refractivity contribution in [2.45, 2.75) is 48.4 Å². The number of alkyl halides is 3. The lowest BCUT2D eigenvalue weighted by Gasteiger charge is -2.43. The molecule has 0 atom stereocenters. The molecule has 29 heavy (non-hydrogen) atoms. The normalized spacial score (nSPS) is 23.2. The SMILES string of the molecule is [B]C([B])(OSI)C([B])([B])Oc1cc(C(F)(F)F)c2c(c1)ncn2C1CC(C)(O)C1. The topological polar surface area (TPSA) is 56.5 Å². The summed E-state index contributed by atoms with van der Waals surface area (Å²) >= 11 is 1.72. The van der Waals surface area contributed by atoms with E-state index in [1.54, 1.807) is 28.1 Å². The largest absolute Gasteiger partial charge is 0.505 e. The first-order valence-corrected chi connectivity index (χ1v) is 11.6. The maximum Gasteiger partial charge on any atom is 0.418 e. The van der Waals surface area contributed by atoms with Crippen LogP contribution in [0, 0.1) is 0 Å². The van der Waals surface area contributed by atoms with Crippen LogP contribution >= 0.6 is 30.4 Å². The number of rotatable bonds is 6. The standard InChI is InChI=1S/C15H12B4F3IN2O3S/c1-12(26)4-7(5-12)25-6-24-10-3-8(2-9(11(10)25)13(20,21)22)27-14(16,17)15(18,19)28-29-23/h2-3,6-7,26H,4-5H2,1H3. The Kier molecular flexibility index (Phi) is 6.08. The molecule has 3 rings (SSSR count). The molecule has 0 saturated heterocycles. The number of benzene rings is 1. The molecular formula is C15H12B4F3IN2O3S. The van der Waals surface area contributed by atoms with Crippen LogP contribution in [0.1, 0.15) is 31.4 Å². The van der Waals surface area contributed by atoms with Crippen molar-refractivity contribution in [2.75, 3.05) is 0 Å². The van der Waals surface area contributed by atoms with E-state index in [0.717, 1.165) is 15.3 Å². The van der Waals surface area contributed by atoms with Gasteiger partial charge in [0.2, 0.25) is 0 Å². The average molecular weight is 527 g/mol. The molecule has 1 N–H and O–H groups in total. The maximum absolute atomic E-state index is 13.8. The molecule has 1 saturated carbocycles. The summed E-state index contributed by atoms with van der Waals surface area (Å²) in [6.07, 6.45) is -2.79. The van der Waals surface area contributed by atoms with E-state index in [9.17, 15) is 18.3 Å². The van der Waals surface area contributed by atoms with E-state index in [-0.39, 0.29) is 22.8 Å². The van der Waals surface area contributed by atoms with Crippen molar-refractivity contribution >= 4 is 72.8 Å². The van der Waals surface area contributed by atoms with Crippen LogP contribution in [-0.2, 0) is 10.4 Å². The summed E-state index contributed by atoms with van der Waals surface area (Å²) in [5.41, 5.74) is -2.02. The monoisotopic (exact) mass is 528 g/mol. The first-order chi connectivity index (χ1) is 13.2. The molecular weight excluding hydrogens is 515 g/mol. The second-order valence-corrected chi connectivity index (χ2v) is 8.75. The van der Waals surface area contributed by atoms with Gasteiger partial charge in [0.25, 0.3) is 0 Å². The van der Waals surface area contributed by atoms with E-state index in [1.807, 2.05) is 0 Å². The fourth-order valence-corrected chi connectivity index (χ4v) is 4.37. The summed E-state index contributed by atoms with van der Waals surface area (Å²) in [4.78, 5) is 4.05. The number of nitrogens with zero attached hydrogens (tertiary/aromatic N) is 2. The number of hydrogen-bond donors (Lipinski definition) is 1. The fraction of sp³-hybridized carbons (Fsp3) is 0.533. The van der Waals surface area contributed by atoms with Gasteiger partial charge in [-0.25, -0.2) is 4.98 Å². The molecule has 14 heteroatoms. The molecule has 1 fully saturated rings. The third-order valence-electron chi connectivity index (χ3n) is 4.76. The van der Waals surface area contributed by atoms with Gasteiger partial charge in [-0.1, -0.05) is 0 Å². The molecule has 1 heterocycles. The molecule has 0 unspecified atom stereocenters. The van der Waals surface area contributed by atoms with Crippen molar-refractivity contribution < 1.29 is 27.2 Å². The third-order valence-corrected chi connectivity index (χ3v) is 5.64. The van der Waals surface area contributed by atoms with Crippen LogP contribution in [0.5, 0.6) is 5.75 Å². The number of halogens is 4. The molecule has 1 aromatic carbocycles. The smallest absolute Gasteiger partial charge is 0.418 e. The Morgan fingerprint density at radius 1 is 1.24 bits per heavy atom. The number of imidazole rings is 1. The Bertz CT molecular complexity index is 918. The van der Waals surface area contributed by atoms with E-state index < -0.39 is 28.1 Å². The molecule has 146 valence electrons. The van der Waals surface area contributed by atoms with Crippen LogP contribution in [0.4, 0.5) is 13.2 Å². The lowest BCUT2D eigenvalue weighted by molar-refractivity contribution is -0.136. The molecule has 0 aliphatic heterocycles. The zero-order valence-electron chi connectivity index (χ0n) is 15.1. The number of aliphatic hydroxyl groups is 1. The number of ether oxygens (including phenoxy) is 1. The highest BCUT2D eigenvalue weighted by Crippen LogP contribution is 2.45. The van der Waals surface area contributed by atoms with Gasteiger partial charge in [-0.05, 0) is 25.8 Å². The Hall–Kier alpha value is -0.460. The quantitative estimate of drug-likeness (QED) is 0.356. The van der Waals surface area contributed by atoms with Gasteiger partial charge in [-0.3, -0.25) is 0 Å². The van der Waals surface area contributed by atoms with Crippen LogP contribution in [0.25, 0.3) is 11.0 Å². The maximum atomic E-state index is 13.8. The first kappa shape index (κ1) is 23.2. The first-order valence-electron chi connectivity index (χ1n) is 8.28. The number of fused-ring (bicyclic) bond motifs is 1. The summed E-state index contributed by atoms with van der Waals surface area (Å²) < 4.78 is 53.0. The number of hydrogen-bond acceptors (Lipinski definition) is 5. The molecule has 8 radical (unpaired) electrons. The summed E-state index contributed by atoms with van der Waals surface area (Å²) in [6.45, 7) is 1.63. The summed E-state index contributed by atoms with van der Waals surface area (Å²) in [5, 5.41) is 5.38. The highest BCUT2D eigenvalue weighted by molar-refractivity contribution is 14.2. The van der Waals surface area contributed by atoms with Gasteiger partial charge < -0.3 is 18.6 Å². The molecule has 0 spiro atoms. The zero-order chi connectivity index (χ0) is 21.8. The lowest BCUT2D eigenvalue weighted by Crippen LogP contribution is -2.61. The van der Waals surface area contributed by atoms with E-state index >= 15 is 0 Å². The molecule has 5 nitrogen and oxygen atoms in total. The van der Waals surface area contributed by atoms with Crippen molar-refractivity contribution in [3.05, 3.63) is 24.0 Å². The van der Waals surface area contributed by atoms with Gasteiger partial charge in [0.05, 0.1) is 37.7 Å². The summed E-state index contributed by atoms with van der Waals surface area (Å²) in [6, 6.07) is 1.69.